The Morgan fingerprint density at radius 2 is 1.71 bits per heavy atom. The highest BCUT2D eigenvalue weighted by Gasteiger charge is 2.07. The molecule has 2 N–H and O–H groups in total. The highest BCUT2D eigenvalue weighted by Crippen LogP contribution is 2.12. The summed E-state index contributed by atoms with van der Waals surface area (Å²) in [5.41, 5.74) is 3.73. The Morgan fingerprint density at radius 1 is 0.929 bits per heavy atom. The summed E-state index contributed by atoms with van der Waals surface area (Å²) in [6.45, 7) is 1.36. The van der Waals surface area contributed by atoms with Crippen molar-refractivity contribution in [2.45, 2.75) is 12.8 Å². The number of hydrogen-bond acceptors (Lipinski definition) is 4. The van der Waals surface area contributed by atoms with Gasteiger partial charge in [-0.05, 0) is 48.2 Å². The van der Waals surface area contributed by atoms with Crippen LogP contribution in [0.15, 0.2) is 72.9 Å². The molecule has 0 unspecified atom stereocenters. The number of nitrogens with one attached hydrogen (secondary N) is 2. The van der Waals surface area contributed by atoms with Gasteiger partial charge in [-0.15, -0.1) is 0 Å². The van der Waals surface area contributed by atoms with Crippen molar-refractivity contribution in [3.63, 3.8) is 0 Å². The molecule has 1 heterocycles. The number of aromatic nitrogens is 1. The molecule has 0 spiro atoms. The van der Waals surface area contributed by atoms with Gasteiger partial charge in [-0.3, -0.25) is 4.79 Å². The molecule has 0 bridgehead atoms. The SMILES string of the molecule is COc1cccc(CCNC(=O)c2ccc(NCCc3ccccc3)cn2)c1. The molecule has 3 aromatic rings. The Hall–Kier alpha value is -3.34. The van der Waals surface area contributed by atoms with E-state index in [0.717, 1.165) is 36.4 Å². The van der Waals surface area contributed by atoms with Crippen molar-refractivity contribution in [3.8, 4) is 5.75 Å². The third-order valence-electron chi connectivity index (χ3n) is 4.42. The standard InChI is InChI=1S/C23H25N3O2/c1-28-21-9-5-8-19(16-21)13-15-25-23(27)22-11-10-20(17-26-22)24-14-12-18-6-3-2-4-7-18/h2-11,16-17,24H,12-15H2,1H3,(H,25,27). The Labute approximate surface area is 165 Å². The zero-order valence-electron chi connectivity index (χ0n) is 16.0. The highest BCUT2D eigenvalue weighted by molar-refractivity contribution is 5.92. The van der Waals surface area contributed by atoms with Gasteiger partial charge in [-0.1, -0.05) is 42.5 Å². The van der Waals surface area contributed by atoms with Crippen LogP contribution in [0.1, 0.15) is 21.6 Å². The first-order chi connectivity index (χ1) is 13.7. The first-order valence-electron chi connectivity index (χ1n) is 9.39. The minimum absolute atomic E-state index is 0.168. The lowest BCUT2D eigenvalue weighted by Crippen LogP contribution is -2.26. The van der Waals surface area contributed by atoms with Crippen molar-refractivity contribution in [2.24, 2.45) is 0 Å². The first-order valence-corrected chi connectivity index (χ1v) is 9.39. The van der Waals surface area contributed by atoms with Gasteiger partial charge >= 0.3 is 0 Å². The summed E-state index contributed by atoms with van der Waals surface area (Å²) in [7, 11) is 1.65. The van der Waals surface area contributed by atoms with E-state index in [0.29, 0.717) is 12.2 Å². The summed E-state index contributed by atoms with van der Waals surface area (Å²) in [6.07, 6.45) is 3.37. The van der Waals surface area contributed by atoms with Gasteiger partial charge in [0.15, 0.2) is 0 Å². The van der Waals surface area contributed by atoms with Crippen LogP contribution >= 0.6 is 0 Å². The Balaban J connectivity index is 1.42. The topological polar surface area (TPSA) is 63.2 Å². The molecular formula is C23H25N3O2. The van der Waals surface area contributed by atoms with Crippen LogP contribution in [0.5, 0.6) is 5.75 Å². The zero-order valence-corrected chi connectivity index (χ0v) is 16.0. The van der Waals surface area contributed by atoms with Gasteiger partial charge in [0.25, 0.3) is 5.91 Å². The molecule has 5 heteroatoms. The fourth-order valence-electron chi connectivity index (χ4n) is 2.87. The molecule has 0 radical (unpaired) electrons. The number of carbonyl (C=O) groups is 1. The number of ether oxygens (including phenoxy) is 1. The molecule has 28 heavy (non-hydrogen) atoms. The molecule has 0 saturated carbocycles. The fourth-order valence-corrected chi connectivity index (χ4v) is 2.87. The minimum Gasteiger partial charge on any atom is -0.497 e. The maximum Gasteiger partial charge on any atom is 0.269 e. The molecule has 144 valence electrons. The summed E-state index contributed by atoms with van der Waals surface area (Å²) in [4.78, 5) is 16.5. The smallest absolute Gasteiger partial charge is 0.269 e. The van der Waals surface area contributed by atoms with Crippen molar-refractivity contribution in [1.82, 2.24) is 10.3 Å². The van der Waals surface area contributed by atoms with Crippen LogP contribution < -0.4 is 15.4 Å². The number of pyridine rings is 1. The molecule has 0 fully saturated rings. The third-order valence-corrected chi connectivity index (χ3v) is 4.42. The molecule has 1 amide bonds. The maximum absolute atomic E-state index is 12.2. The number of methoxy groups -OCH3 is 1. The van der Waals surface area contributed by atoms with Crippen molar-refractivity contribution >= 4 is 11.6 Å². The predicted octanol–water partition coefficient (Wildman–Crippen LogP) is 3.72. The molecule has 3 rings (SSSR count). The lowest BCUT2D eigenvalue weighted by atomic mass is 10.1. The summed E-state index contributed by atoms with van der Waals surface area (Å²) in [5, 5.41) is 6.24. The van der Waals surface area contributed by atoms with Gasteiger partial charge in [-0.2, -0.15) is 0 Å². The third kappa shape index (κ3) is 5.84. The van der Waals surface area contributed by atoms with Gasteiger partial charge in [-0.25, -0.2) is 4.98 Å². The van der Waals surface area contributed by atoms with Crippen LogP contribution in [0, 0.1) is 0 Å². The molecule has 5 nitrogen and oxygen atoms in total. The van der Waals surface area contributed by atoms with E-state index in [9.17, 15) is 4.79 Å². The van der Waals surface area contributed by atoms with Crippen LogP contribution in [0.2, 0.25) is 0 Å². The van der Waals surface area contributed by atoms with Gasteiger partial charge in [0.1, 0.15) is 11.4 Å². The summed E-state index contributed by atoms with van der Waals surface area (Å²) in [6, 6.07) is 21.8. The van der Waals surface area contributed by atoms with Gasteiger partial charge < -0.3 is 15.4 Å². The zero-order chi connectivity index (χ0) is 19.6. The summed E-state index contributed by atoms with van der Waals surface area (Å²) >= 11 is 0. The van der Waals surface area contributed by atoms with E-state index in [-0.39, 0.29) is 5.91 Å². The molecule has 1 aromatic heterocycles. The summed E-state index contributed by atoms with van der Waals surface area (Å²) in [5.74, 6) is 0.652. The highest BCUT2D eigenvalue weighted by atomic mass is 16.5. The van der Waals surface area contributed by atoms with Gasteiger partial charge in [0.2, 0.25) is 0 Å². The second-order valence-corrected chi connectivity index (χ2v) is 6.45. The van der Waals surface area contributed by atoms with Gasteiger partial charge in [0, 0.05) is 13.1 Å². The maximum atomic E-state index is 12.2. The lowest BCUT2D eigenvalue weighted by molar-refractivity contribution is 0.0949. The average molecular weight is 375 g/mol. The number of carbonyl (C=O) groups excluding carboxylic acids is 1. The quantitative estimate of drug-likeness (QED) is 0.598. The van der Waals surface area contributed by atoms with E-state index in [1.54, 1.807) is 19.4 Å². The van der Waals surface area contributed by atoms with E-state index in [1.807, 2.05) is 48.5 Å². The molecule has 0 aliphatic heterocycles. The average Bonchev–Trinajstić information content (AvgIpc) is 2.75. The molecule has 0 atom stereocenters. The number of rotatable bonds is 9. The van der Waals surface area contributed by atoms with Crippen LogP contribution in [-0.4, -0.2) is 31.1 Å². The fraction of sp³-hybridized carbons (Fsp3) is 0.217. The number of amides is 1. The molecule has 0 aliphatic rings. The molecule has 0 aliphatic carbocycles. The van der Waals surface area contributed by atoms with E-state index in [2.05, 4.69) is 27.8 Å². The number of nitrogens with zero attached hydrogens (tertiary/aromatic N) is 1. The second kappa shape index (κ2) is 10.1. The monoisotopic (exact) mass is 375 g/mol. The van der Waals surface area contributed by atoms with Gasteiger partial charge in [0.05, 0.1) is 19.0 Å². The van der Waals surface area contributed by atoms with Crippen LogP contribution in [0.4, 0.5) is 5.69 Å². The minimum atomic E-state index is -0.168. The Morgan fingerprint density at radius 3 is 2.46 bits per heavy atom. The number of anilines is 1. The van der Waals surface area contributed by atoms with Crippen LogP contribution in [0.25, 0.3) is 0 Å². The van der Waals surface area contributed by atoms with Crippen molar-refractivity contribution in [2.75, 3.05) is 25.5 Å². The molecule has 0 saturated heterocycles. The second-order valence-electron chi connectivity index (χ2n) is 6.45. The molecular weight excluding hydrogens is 350 g/mol. The predicted molar refractivity (Wildman–Crippen MR) is 112 cm³/mol. The van der Waals surface area contributed by atoms with Crippen molar-refractivity contribution in [1.29, 1.82) is 0 Å². The Bertz CT molecular complexity index is 880. The van der Waals surface area contributed by atoms with E-state index in [1.165, 1.54) is 5.56 Å². The van der Waals surface area contributed by atoms with E-state index >= 15 is 0 Å². The largest absolute Gasteiger partial charge is 0.497 e. The molecule has 2 aromatic carbocycles. The summed E-state index contributed by atoms with van der Waals surface area (Å²) < 4.78 is 5.21. The van der Waals surface area contributed by atoms with Crippen LogP contribution in [0.3, 0.4) is 0 Å². The lowest BCUT2D eigenvalue weighted by Gasteiger charge is -2.08. The number of benzene rings is 2. The first kappa shape index (κ1) is 19.4. The van der Waals surface area contributed by atoms with E-state index in [4.69, 9.17) is 4.74 Å². The Kier molecular flexibility index (Phi) is 7.01. The van der Waals surface area contributed by atoms with E-state index < -0.39 is 0 Å². The van der Waals surface area contributed by atoms with Crippen molar-refractivity contribution in [3.05, 3.63) is 89.7 Å². The number of hydrogen-bond donors (Lipinski definition) is 2. The normalized spacial score (nSPS) is 10.3. The van der Waals surface area contributed by atoms with Crippen LogP contribution in [-0.2, 0) is 12.8 Å². The van der Waals surface area contributed by atoms with Crippen molar-refractivity contribution < 1.29 is 9.53 Å².